The van der Waals surface area contributed by atoms with E-state index in [1.165, 1.54) is 11.8 Å². The molecule has 31 heavy (non-hydrogen) atoms. The monoisotopic (exact) mass is 475 g/mol. The Morgan fingerprint density at radius 1 is 1.03 bits per heavy atom. The summed E-state index contributed by atoms with van der Waals surface area (Å²) in [6, 6.07) is 16.2. The van der Waals surface area contributed by atoms with Crippen LogP contribution in [0.2, 0.25) is 0 Å². The molecule has 1 aromatic heterocycles. The van der Waals surface area contributed by atoms with Crippen molar-refractivity contribution in [2.75, 3.05) is 0 Å². The molecule has 0 spiro atoms. The number of benzene rings is 2. The van der Waals surface area contributed by atoms with Gasteiger partial charge in [0.1, 0.15) is 24.8 Å². The van der Waals surface area contributed by atoms with E-state index in [4.69, 9.17) is 14.9 Å². The minimum atomic E-state index is -0.251. The van der Waals surface area contributed by atoms with Gasteiger partial charge in [-0.1, -0.05) is 58.4 Å². The zero-order valence-electron chi connectivity index (χ0n) is 16.9. The van der Waals surface area contributed by atoms with Crippen molar-refractivity contribution in [1.29, 1.82) is 5.41 Å². The molecule has 5 rings (SSSR count). The Hall–Kier alpha value is -3.25. The maximum atomic E-state index is 9.16. The lowest BCUT2D eigenvalue weighted by atomic mass is 9.96. The highest BCUT2D eigenvalue weighted by molar-refractivity contribution is 9.10. The van der Waals surface area contributed by atoms with Crippen LogP contribution >= 0.6 is 15.9 Å². The number of rotatable bonds is 5. The molecule has 1 aliphatic carbocycles. The predicted molar refractivity (Wildman–Crippen MR) is 124 cm³/mol. The topological polar surface area (TPSA) is 52.2 Å². The van der Waals surface area contributed by atoms with Crippen LogP contribution < -0.4 is 5.62 Å². The van der Waals surface area contributed by atoms with E-state index in [2.05, 4.69) is 58.4 Å². The van der Waals surface area contributed by atoms with Crippen LogP contribution in [0.4, 0.5) is 0 Å². The molecule has 0 saturated carbocycles. The third-order valence-electron chi connectivity index (χ3n) is 5.62. The summed E-state index contributed by atoms with van der Waals surface area (Å²) in [4.78, 5) is 0. The van der Waals surface area contributed by atoms with Crippen LogP contribution in [0.15, 0.2) is 101 Å². The fourth-order valence-electron chi connectivity index (χ4n) is 4.17. The molecule has 1 N–H and O–H groups in total. The molecule has 2 aliphatic rings. The second kappa shape index (κ2) is 8.47. The standard InChI is InChI=1S/C25H22BrN3O2/c26-20-12-10-18(11-13-20)16-28-21-8-4-5-9-22(21)29(25(28)27)24(19-6-2-1-3-7-19)23-17-30-14-15-31-23/h1-2,4-6,8-15,17,24,27H,3,7,16H2. The van der Waals surface area contributed by atoms with Crippen LogP contribution in [0.5, 0.6) is 0 Å². The van der Waals surface area contributed by atoms with Gasteiger partial charge in [-0.2, -0.15) is 0 Å². The molecule has 0 saturated heterocycles. The zero-order chi connectivity index (χ0) is 21.2. The minimum Gasteiger partial charge on any atom is -0.466 e. The molecule has 6 heteroatoms. The molecule has 156 valence electrons. The number of nitrogens with one attached hydrogen (secondary N) is 1. The molecule has 0 amide bonds. The first-order valence-electron chi connectivity index (χ1n) is 10.2. The summed E-state index contributed by atoms with van der Waals surface area (Å²) in [5.74, 6) is 0.675. The summed E-state index contributed by atoms with van der Waals surface area (Å²) in [6.45, 7) is 0.613. The fraction of sp³-hybridized carbons (Fsp3) is 0.160. The molecule has 1 aliphatic heterocycles. The van der Waals surface area contributed by atoms with Gasteiger partial charge in [0.05, 0.1) is 17.6 Å². The molecule has 2 heterocycles. The van der Waals surface area contributed by atoms with E-state index in [9.17, 15) is 0 Å². The summed E-state index contributed by atoms with van der Waals surface area (Å²) in [7, 11) is 0. The van der Waals surface area contributed by atoms with E-state index in [1.807, 2.05) is 33.4 Å². The molecule has 1 atom stereocenters. The number of hydrogen-bond acceptors (Lipinski definition) is 3. The Kier molecular flexibility index (Phi) is 5.38. The van der Waals surface area contributed by atoms with Crippen molar-refractivity contribution in [2.45, 2.75) is 25.4 Å². The largest absolute Gasteiger partial charge is 0.466 e. The van der Waals surface area contributed by atoms with Gasteiger partial charge in [0.25, 0.3) is 0 Å². The van der Waals surface area contributed by atoms with Crippen molar-refractivity contribution in [3.8, 4) is 0 Å². The van der Waals surface area contributed by atoms with Crippen LogP contribution in [-0.4, -0.2) is 9.13 Å². The molecule has 0 radical (unpaired) electrons. The van der Waals surface area contributed by atoms with E-state index in [0.29, 0.717) is 17.9 Å². The first-order valence-corrected chi connectivity index (χ1v) is 11.0. The Bertz CT molecular complexity index is 1290. The number of fused-ring (bicyclic) bond motifs is 1. The number of imidazole rings is 1. The van der Waals surface area contributed by atoms with E-state index < -0.39 is 0 Å². The van der Waals surface area contributed by atoms with E-state index in [1.54, 1.807) is 12.5 Å². The average Bonchev–Trinajstić information content (AvgIpc) is 3.09. The Morgan fingerprint density at radius 2 is 1.84 bits per heavy atom. The van der Waals surface area contributed by atoms with E-state index >= 15 is 0 Å². The molecule has 3 aromatic rings. The second-order valence-electron chi connectivity index (χ2n) is 7.55. The van der Waals surface area contributed by atoms with Crippen molar-refractivity contribution >= 4 is 27.0 Å². The maximum Gasteiger partial charge on any atom is 0.204 e. The molecule has 5 nitrogen and oxygen atoms in total. The van der Waals surface area contributed by atoms with Gasteiger partial charge in [-0.3, -0.25) is 9.98 Å². The van der Waals surface area contributed by atoms with Gasteiger partial charge in [0, 0.05) is 4.47 Å². The van der Waals surface area contributed by atoms with Gasteiger partial charge in [-0.15, -0.1) is 0 Å². The second-order valence-corrected chi connectivity index (χ2v) is 8.47. The van der Waals surface area contributed by atoms with Gasteiger partial charge in [0.15, 0.2) is 5.76 Å². The third kappa shape index (κ3) is 3.79. The number of ether oxygens (including phenoxy) is 2. The van der Waals surface area contributed by atoms with Gasteiger partial charge in [-0.05, 0) is 48.2 Å². The van der Waals surface area contributed by atoms with E-state index in [-0.39, 0.29) is 6.04 Å². The van der Waals surface area contributed by atoms with Crippen LogP contribution in [0, 0.1) is 5.41 Å². The van der Waals surface area contributed by atoms with Crippen molar-refractivity contribution in [3.63, 3.8) is 0 Å². The molecular weight excluding hydrogens is 454 g/mol. The van der Waals surface area contributed by atoms with Crippen molar-refractivity contribution in [1.82, 2.24) is 9.13 Å². The SMILES string of the molecule is N=c1n(Cc2ccc(Br)cc2)c2ccccc2n1C(C1=CC=CCC1)C1=COC=CO1. The summed E-state index contributed by atoms with van der Waals surface area (Å²) in [5.41, 5.74) is 4.76. The normalized spacial score (nSPS) is 16.4. The highest BCUT2D eigenvalue weighted by Gasteiger charge is 2.28. The Labute approximate surface area is 188 Å². The van der Waals surface area contributed by atoms with Gasteiger partial charge in [0.2, 0.25) is 5.62 Å². The summed E-state index contributed by atoms with van der Waals surface area (Å²) in [6.07, 6.45) is 12.9. The number of nitrogens with zero attached hydrogens (tertiary/aromatic N) is 2. The summed E-state index contributed by atoms with van der Waals surface area (Å²) >= 11 is 3.50. The Balaban J connectivity index is 1.69. The lowest BCUT2D eigenvalue weighted by Crippen LogP contribution is -2.30. The number of allylic oxidation sites excluding steroid dienone is 4. The molecule has 1 unspecified atom stereocenters. The van der Waals surface area contributed by atoms with Gasteiger partial charge >= 0.3 is 0 Å². The van der Waals surface area contributed by atoms with Crippen LogP contribution in [0.25, 0.3) is 11.0 Å². The smallest absolute Gasteiger partial charge is 0.204 e. The first kappa shape index (κ1) is 19.7. The van der Waals surface area contributed by atoms with Crippen molar-refractivity contribution < 1.29 is 9.47 Å². The predicted octanol–water partition coefficient (Wildman–Crippen LogP) is 5.91. The lowest BCUT2D eigenvalue weighted by Gasteiger charge is -2.26. The Morgan fingerprint density at radius 3 is 2.55 bits per heavy atom. The minimum absolute atomic E-state index is 0.251. The third-order valence-corrected chi connectivity index (χ3v) is 6.15. The highest BCUT2D eigenvalue weighted by Crippen LogP contribution is 2.35. The van der Waals surface area contributed by atoms with Crippen LogP contribution in [0.3, 0.4) is 0 Å². The van der Waals surface area contributed by atoms with Crippen LogP contribution in [-0.2, 0) is 16.0 Å². The fourth-order valence-corrected chi connectivity index (χ4v) is 4.44. The van der Waals surface area contributed by atoms with E-state index in [0.717, 1.165) is 33.9 Å². The van der Waals surface area contributed by atoms with Crippen molar-refractivity contribution in [2.24, 2.45) is 0 Å². The zero-order valence-corrected chi connectivity index (χ0v) is 18.5. The first-order chi connectivity index (χ1) is 15.2. The molecule has 0 bridgehead atoms. The van der Waals surface area contributed by atoms with Gasteiger partial charge < -0.3 is 14.0 Å². The lowest BCUT2D eigenvalue weighted by molar-refractivity contribution is 0.226. The van der Waals surface area contributed by atoms with Crippen molar-refractivity contribution in [3.05, 3.63) is 113 Å². The van der Waals surface area contributed by atoms with Gasteiger partial charge in [-0.25, -0.2) is 0 Å². The average molecular weight is 476 g/mol. The molecular formula is C25H22BrN3O2. The highest BCUT2D eigenvalue weighted by atomic mass is 79.9. The molecule has 2 aromatic carbocycles. The quantitative estimate of drug-likeness (QED) is 0.498. The summed E-state index contributed by atoms with van der Waals surface area (Å²) in [5, 5.41) is 9.16. The summed E-state index contributed by atoms with van der Waals surface area (Å²) < 4.78 is 16.4. The maximum absolute atomic E-state index is 9.16. The molecule has 0 fully saturated rings. The van der Waals surface area contributed by atoms with Crippen LogP contribution in [0.1, 0.15) is 24.4 Å². The number of halogens is 1. The number of aromatic nitrogens is 2. The number of para-hydroxylation sites is 2. The number of hydrogen-bond donors (Lipinski definition) is 1.